The van der Waals surface area contributed by atoms with E-state index in [-0.39, 0.29) is 50.9 Å². The first-order valence-electron chi connectivity index (χ1n) is 12.6. The van der Waals surface area contributed by atoms with Crippen LogP contribution in [0, 0.1) is 37.1 Å². The molecule has 0 N–H and O–H groups in total. The number of hydrogen-bond donors (Lipinski definition) is 0. The van der Waals surface area contributed by atoms with E-state index < -0.39 is 28.8 Å². The zero-order chi connectivity index (χ0) is 29.2. The Labute approximate surface area is 236 Å². The molecule has 0 unspecified atom stereocenters. The number of rotatable bonds is 5. The van der Waals surface area contributed by atoms with Gasteiger partial charge in [-0.15, -0.1) is 0 Å². The molecule has 1 saturated carbocycles. The Morgan fingerprint density at radius 3 is 2.41 bits per heavy atom. The van der Waals surface area contributed by atoms with Gasteiger partial charge >= 0.3 is 0 Å². The lowest BCUT2D eigenvalue weighted by Gasteiger charge is -2.18. The molecular weight excluding hydrogens is 560 g/mol. The molecule has 6 rings (SSSR count). The van der Waals surface area contributed by atoms with Gasteiger partial charge in [0.1, 0.15) is 34.5 Å². The van der Waals surface area contributed by atoms with E-state index in [4.69, 9.17) is 11.6 Å². The van der Waals surface area contributed by atoms with Crippen molar-refractivity contribution in [1.29, 1.82) is 0 Å². The molecule has 208 valence electrons. The van der Waals surface area contributed by atoms with Crippen LogP contribution in [0.1, 0.15) is 40.8 Å². The summed E-state index contributed by atoms with van der Waals surface area (Å²) in [5, 5.41) is 3.81. The SMILES string of the molecule is Cc1cnc(-c2cccc(-c3ncnn3C)c2F)c(F)c1-n1c(C)cc([C@H]2C[C@@H]2c2ncc(F)cc2F)c(Cl)c1=O. The first kappa shape index (κ1) is 26.8. The molecule has 7 nitrogen and oxygen atoms in total. The smallest absolute Gasteiger partial charge is 0.274 e. The summed E-state index contributed by atoms with van der Waals surface area (Å²) in [6, 6.07) is 6.85. The van der Waals surface area contributed by atoms with Crippen molar-refractivity contribution in [3.63, 3.8) is 0 Å². The van der Waals surface area contributed by atoms with E-state index in [1.807, 2.05) is 0 Å². The van der Waals surface area contributed by atoms with Crippen molar-refractivity contribution in [1.82, 2.24) is 29.3 Å². The Morgan fingerprint density at radius 2 is 1.71 bits per heavy atom. The molecule has 4 heterocycles. The number of aromatic nitrogens is 6. The van der Waals surface area contributed by atoms with Crippen LogP contribution in [0.4, 0.5) is 17.6 Å². The van der Waals surface area contributed by atoms with Gasteiger partial charge in [0.2, 0.25) is 0 Å². The fraction of sp³-hybridized carbons (Fsp3) is 0.207. The average Bonchev–Trinajstić information content (AvgIpc) is 3.60. The Morgan fingerprint density at radius 1 is 0.951 bits per heavy atom. The highest BCUT2D eigenvalue weighted by atomic mass is 35.5. The van der Waals surface area contributed by atoms with Crippen molar-refractivity contribution in [2.24, 2.45) is 7.05 Å². The van der Waals surface area contributed by atoms with E-state index in [1.54, 1.807) is 33.0 Å². The summed E-state index contributed by atoms with van der Waals surface area (Å²) < 4.78 is 62.1. The maximum absolute atomic E-state index is 16.2. The second-order valence-corrected chi connectivity index (χ2v) is 10.4. The van der Waals surface area contributed by atoms with Gasteiger partial charge in [0.25, 0.3) is 5.56 Å². The van der Waals surface area contributed by atoms with Crippen LogP contribution in [0.25, 0.3) is 28.3 Å². The van der Waals surface area contributed by atoms with E-state index in [0.29, 0.717) is 23.2 Å². The molecule has 0 spiro atoms. The van der Waals surface area contributed by atoms with Crippen molar-refractivity contribution in [2.75, 3.05) is 0 Å². The van der Waals surface area contributed by atoms with Gasteiger partial charge in [0.05, 0.1) is 23.1 Å². The third kappa shape index (κ3) is 4.40. The van der Waals surface area contributed by atoms with E-state index in [1.165, 1.54) is 29.3 Å². The molecule has 1 aromatic carbocycles. The predicted molar refractivity (Wildman–Crippen MR) is 144 cm³/mol. The first-order chi connectivity index (χ1) is 19.6. The number of pyridine rings is 3. The highest BCUT2D eigenvalue weighted by Gasteiger charge is 2.44. The quantitative estimate of drug-likeness (QED) is 0.232. The van der Waals surface area contributed by atoms with Gasteiger partial charge in [-0.25, -0.2) is 27.2 Å². The number of halogens is 5. The maximum atomic E-state index is 16.2. The number of nitrogens with zero attached hydrogens (tertiary/aromatic N) is 6. The summed E-state index contributed by atoms with van der Waals surface area (Å²) >= 11 is 6.53. The van der Waals surface area contributed by atoms with Crippen molar-refractivity contribution in [2.45, 2.75) is 32.1 Å². The summed E-state index contributed by atoms with van der Waals surface area (Å²) in [5.41, 5.74) is 0.146. The lowest BCUT2D eigenvalue weighted by atomic mass is 10.0. The van der Waals surface area contributed by atoms with Crippen LogP contribution in [0.2, 0.25) is 5.02 Å². The summed E-state index contributed by atoms with van der Waals surface area (Å²) in [6.07, 6.45) is 4.04. The summed E-state index contributed by atoms with van der Waals surface area (Å²) in [7, 11) is 1.61. The largest absolute Gasteiger partial charge is 0.277 e. The van der Waals surface area contributed by atoms with Crippen molar-refractivity contribution >= 4 is 11.6 Å². The van der Waals surface area contributed by atoms with Crippen LogP contribution in [0.5, 0.6) is 0 Å². The molecule has 1 aliphatic carbocycles. The summed E-state index contributed by atoms with van der Waals surface area (Å²) in [5.74, 6) is -3.64. The minimum Gasteiger partial charge on any atom is -0.277 e. The second kappa shape index (κ2) is 9.91. The van der Waals surface area contributed by atoms with Crippen molar-refractivity contribution < 1.29 is 17.6 Å². The Balaban J connectivity index is 1.44. The van der Waals surface area contributed by atoms with Crippen LogP contribution in [-0.2, 0) is 7.05 Å². The average molecular weight is 581 g/mol. The molecule has 12 heteroatoms. The Hall–Kier alpha value is -4.38. The third-order valence-corrected chi connectivity index (χ3v) is 7.73. The Bertz CT molecular complexity index is 1920. The van der Waals surface area contributed by atoms with E-state index in [0.717, 1.165) is 16.8 Å². The highest BCUT2D eigenvalue weighted by molar-refractivity contribution is 6.31. The lowest BCUT2D eigenvalue weighted by molar-refractivity contribution is 0.557. The van der Waals surface area contributed by atoms with Crippen LogP contribution >= 0.6 is 11.6 Å². The molecular formula is C29H21ClF4N6O. The molecule has 41 heavy (non-hydrogen) atoms. The topological polar surface area (TPSA) is 78.5 Å². The molecule has 4 aromatic heterocycles. The third-order valence-electron chi connectivity index (χ3n) is 7.35. The van der Waals surface area contributed by atoms with Crippen LogP contribution < -0.4 is 5.56 Å². The minimum atomic E-state index is -0.907. The monoisotopic (exact) mass is 580 g/mol. The van der Waals surface area contributed by atoms with Gasteiger partial charge in [0, 0.05) is 36.5 Å². The molecule has 0 amide bonds. The molecule has 0 saturated heterocycles. The van der Waals surface area contributed by atoms with Crippen LogP contribution in [0.3, 0.4) is 0 Å². The van der Waals surface area contributed by atoms with Gasteiger partial charge < -0.3 is 0 Å². The molecule has 0 aliphatic heterocycles. The summed E-state index contributed by atoms with van der Waals surface area (Å²) in [6.45, 7) is 3.19. The number of benzene rings is 1. The van der Waals surface area contributed by atoms with Gasteiger partial charge in [-0.1, -0.05) is 17.7 Å². The second-order valence-electron chi connectivity index (χ2n) is 9.99. The molecule has 0 bridgehead atoms. The highest BCUT2D eigenvalue weighted by Crippen LogP contribution is 2.55. The zero-order valence-electron chi connectivity index (χ0n) is 22.0. The van der Waals surface area contributed by atoms with E-state index in [2.05, 4.69) is 20.1 Å². The van der Waals surface area contributed by atoms with Crippen LogP contribution in [0.15, 0.2) is 53.8 Å². The van der Waals surface area contributed by atoms with Gasteiger partial charge in [0.15, 0.2) is 11.6 Å². The number of aryl methyl sites for hydroxylation is 3. The number of hydrogen-bond acceptors (Lipinski definition) is 5. The van der Waals surface area contributed by atoms with Gasteiger partial charge in [-0.3, -0.25) is 19.3 Å². The van der Waals surface area contributed by atoms with Crippen molar-refractivity contribution in [3.8, 4) is 28.3 Å². The Kier molecular flexibility index (Phi) is 6.49. The maximum Gasteiger partial charge on any atom is 0.274 e. The minimum absolute atomic E-state index is 0.0977. The molecule has 1 fully saturated rings. The van der Waals surface area contributed by atoms with E-state index in [9.17, 15) is 13.6 Å². The molecule has 0 radical (unpaired) electrons. The fourth-order valence-electron chi connectivity index (χ4n) is 5.28. The van der Waals surface area contributed by atoms with Gasteiger partial charge in [-0.05, 0) is 55.5 Å². The molecule has 5 aromatic rings. The van der Waals surface area contributed by atoms with E-state index >= 15 is 8.78 Å². The first-order valence-corrected chi connectivity index (χ1v) is 13.0. The zero-order valence-corrected chi connectivity index (χ0v) is 22.7. The standard InChI is InChI=1S/C29H21ClF4N6O/c1-13-10-35-26(16-5-4-6-17(23(16)33)28-37-12-38-39(28)3)24(34)27(13)40-14(2)7-19(22(30)29(40)41)18-9-20(18)25-21(32)8-15(31)11-36-25/h4-8,10-12,18,20H,9H2,1-3H3/t18-,20+/m1/s1. The van der Waals surface area contributed by atoms with Crippen LogP contribution in [-0.4, -0.2) is 29.3 Å². The van der Waals surface area contributed by atoms with Crippen molar-refractivity contribution in [3.05, 3.63) is 110 Å². The lowest BCUT2D eigenvalue weighted by Crippen LogP contribution is -2.24. The predicted octanol–water partition coefficient (Wildman–Crippen LogP) is 6.19. The molecule has 1 aliphatic rings. The normalized spacial score (nSPS) is 16.3. The van der Waals surface area contributed by atoms with Gasteiger partial charge in [-0.2, -0.15) is 5.10 Å². The molecule has 2 atom stereocenters. The summed E-state index contributed by atoms with van der Waals surface area (Å²) in [4.78, 5) is 25.7. The fourth-order valence-corrected chi connectivity index (χ4v) is 5.55.